The van der Waals surface area contributed by atoms with Gasteiger partial charge >= 0.3 is 0 Å². The normalized spacial score (nSPS) is 19.1. The summed E-state index contributed by atoms with van der Waals surface area (Å²) in [6, 6.07) is 73.5. The van der Waals surface area contributed by atoms with E-state index < -0.39 is 24.2 Å². The Morgan fingerprint density at radius 3 is 0.708 bits per heavy atom. The summed E-state index contributed by atoms with van der Waals surface area (Å²) >= 11 is 0. The van der Waals surface area contributed by atoms with Gasteiger partial charge in [-0.3, -0.25) is 0 Å². The van der Waals surface area contributed by atoms with Crippen LogP contribution in [0.5, 0.6) is 0 Å². The number of allylic oxidation sites excluding steroid dienone is 12. The second kappa shape index (κ2) is 19.8. The molecule has 0 fully saturated rings. The van der Waals surface area contributed by atoms with Gasteiger partial charge < -0.3 is 0 Å². The van der Waals surface area contributed by atoms with Crippen molar-refractivity contribution in [3.8, 4) is 0 Å². The summed E-state index contributed by atoms with van der Waals surface area (Å²) in [6.07, 6.45) is 14.8. The summed E-state index contributed by atoms with van der Waals surface area (Å²) in [7, 11) is -5.88. The van der Waals surface area contributed by atoms with Crippen molar-refractivity contribution in [2.45, 2.75) is 60.1 Å². The lowest BCUT2D eigenvalue weighted by Gasteiger charge is -2.39. The van der Waals surface area contributed by atoms with Gasteiger partial charge in [0.2, 0.25) is 0 Å². The van der Waals surface area contributed by atoms with Gasteiger partial charge in [0, 0.05) is 0 Å². The summed E-state index contributed by atoms with van der Waals surface area (Å²) in [6.45, 7) is 22.1. The topological polar surface area (TPSA) is 0 Å². The molecular weight excluding hydrogens is 913 g/mol. The highest BCUT2D eigenvalue weighted by Crippen LogP contribution is 2.50. The van der Waals surface area contributed by atoms with Crippen LogP contribution in [0.2, 0.25) is 39.3 Å². The largest absolute Gasteiger partial charge is 0.113 e. The predicted octanol–water partition coefficient (Wildman–Crippen LogP) is 18.9. The van der Waals surface area contributed by atoms with Crippen molar-refractivity contribution in [2.24, 2.45) is 0 Å². The zero-order valence-corrected chi connectivity index (χ0v) is 46.5. The first-order valence-corrected chi connectivity index (χ1v) is 34.7. The highest BCUT2D eigenvalue weighted by Gasteiger charge is 2.43. The van der Waals surface area contributed by atoms with Crippen molar-refractivity contribution < 1.29 is 0 Å². The fraction of sp³-hybridized carbons (Fsp3) is 0.130. The second-order valence-corrected chi connectivity index (χ2v) is 34.5. The van der Waals surface area contributed by atoms with Crippen LogP contribution in [0.4, 0.5) is 0 Å². The molecule has 7 aromatic carbocycles. The Bertz CT molecular complexity index is 3100. The summed E-state index contributed by atoms with van der Waals surface area (Å²) < 4.78 is 0. The molecular formula is C69H66Si3. The Labute approximate surface area is 433 Å². The third kappa shape index (κ3) is 9.29. The Morgan fingerprint density at radius 1 is 0.292 bits per heavy atom. The molecule has 0 saturated carbocycles. The maximum atomic E-state index is 2.52. The van der Waals surface area contributed by atoms with Crippen LogP contribution in [-0.4, -0.2) is 24.2 Å². The molecule has 0 spiro atoms. The predicted molar refractivity (Wildman–Crippen MR) is 323 cm³/mol. The van der Waals surface area contributed by atoms with E-state index >= 15 is 0 Å². The molecule has 0 saturated heterocycles. The van der Waals surface area contributed by atoms with E-state index in [1.165, 1.54) is 115 Å². The lowest BCUT2D eigenvalue weighted by Crippen LogP contribution is -2.39. The van der Waals surface area contributed by atoms with Crippen molar-refractivity contribution in [3.63, 3.8) is 0 Å². The van der Waals surface area contributed by atoms with Crippen molar-refractivity contribution in [1.82, 2.24) is 0 Å². The van der Waals surface area contributed by atoms with E-state index in [9.17, 15) is 0 Å². The van der Waals surface area contributed by atoms with Crippen molar-refractivity contribution in [3.05, 3.63) is 301 Å². The summed E-state index contributed by atoms with van der Waals surface area (Å²) in [5.41, 5.74) is 19.4. The van der Waals surface area contributed by atoms with Gasteiger partial charge in [-0.15, -0.1) is 0 Å². The molecule has 0 amide bonds. The van der Waals surface area contributed by atoms with Crippen LogP contribution in [-0.2, 0) is 0 Å². The number of rotatable bonds is 12. The van der Waals surface area contributed by atoms with Crippen LogP contribution in [0.3, 0.4) is 0 Å². The van der Waals surface area contributed by atoms with E-state index in [1.807, 2.05) is 0 Å². The average molecular weight is 980 g/mol. The van der Waals surface area contributed by atoms with Gasteiger partial charge in [0.15, 0.2) is 0 Å². The van der Waals surface area contributed by atoms with E-state index in [0.717, 1.165) is 0 Å². The van der Waals surface area contributed by atoms with Crippen LogP contribution in [0, 0.1) is 0 Å². The SMILES string of the molecule is CC(=C\c1cc(/C=C(C)/C(=C2/C=C(c3ccccc3)[Si]2(C)C)c2ccccc2)cc(/C=C(C)/C(=C2/C=C(c3ccccc3)[Si]2(C)C)c2ccccc2)c1)/C(=C1\C=C(c2ccccc2)[Si]1(C)C)c1ccccc1. The van der Waals surface area contributed by atoms with Gasteiger partial charge in [0.25, 0.3) is 0 Å². The molecule has 3 aliphatic heterocycles. The molecule has 0 aliphatic carbocycles. The zero-order chi connectivity index (χ0) is 50.2. The van der Waals surface area contributed by atoms with Gasteiger partial charge in [-0.2, -0.15) is 0 Å². The molecule has 3 aliphatic rings. The maximum Gasteiger partial charge on any atom is 0.113 e. The summed E-state index contributed by atoms with van der Waals surface area (Å²) in [4.78, 5) is 0. The molecule has 0 N–H and O–H groups in total. The fourth-order valence-electron chi connectivity index (χ4n) is 11.6. The minimum atomic E-state index is -1.96. The molecule has 0 bridgehead atoms. The molecule has 0 nitrogen and oxygen atoms in total. The van der Waals surface area contributed by atoms with E-state index in [2.05, 4.69) is 297 Å². The van der Waals surface area contributed by atoms with Gasteiger partial charge in [0.05, 0.1) is 0 Å². The van der Waals surface area contributed by atoms with Crippen molar-refractivity contribution in [2.75, 3.05) is 0 Å². The molecule has 0 aromatic heterocycles. The van der Waals surface area contributed by atoms with E-state index in [-0.39, 0.29) is 0 Å². The maximum absolute atomic E-state index is 2.52. The summed E-state index contributed by atoms with van der Waals surface area (Å²) in [5.74, 6) is 0. The average Bonchev–Trinajstić information content (AvgIpc) is 3.38. The first kappa shape index (κ1) is 48.5. The second-order valence-electron chi connectivity index (χ2n) is 21.5. The van der Waals surface area contributed by atoms with E-state index in [4.69, 9.17) is 0 Å². The Balaban J connectivity index is 1.16. The first-order valence-electron chi connectivity index (χ1n) is 25.7. The molecule has 72 heavy (non-hydrogen) atoms. The Hall–Kier alpha value is -7.15. The highest BCUT2D eigenvalue weighted by atomic mass is 28.3. The lowest BCUT2D eigenvalue weighted by atomic mass is 9.92. The number of hydrogen-bond acceptors (Lipinski definition) is 0. The first-order chi connectivity index (χ1) is 34.7. The Kier molecular flexibility index (Phi) is 13.3. The molecule has 3 heterocycles. The lowest BCUT2D eigenvalue weighted by molar-refractivity contribution is 1.45. The molecule has 7 aromatic rings. The smallest absolute Gasteiger partial charge is 0.0622 e. The van der Waals surface area contributed by atoms with Crippen LogP contribution in [0.25, 0.3) is 50.5 Å². The molecule has 10 rings (SSSR count). The van der Waals surface area contributed by atoms with Gasteiger partial charge in [-0.1, -0.05) is 258 Å². The van der Waals surface area contributed by atoms with Gasteiger partial charge in [0.1, 0.15) is 24.2 Å². The van der Waals surface area contributed by atoms with Crippen LogP contribution < -0.4 is 0 Å². The minimum absolute atomic E-state index is 1.20. The highest BCUT2D eigenvalue weighted by molar-refractivity contribution is 7.06. The van der Waals surface area contributed by atoms with Crippen LogP contribution >= 0.6 is 0 Å². The molecule has 354 valence electrons. The third-order valence-electron chi connectivity index (χ3n) is 15.5. The van der Waals surface area contributed by atoms with Gasteiger partial charge in [-0.25, -0.2) is 0 Å². The summed E-state index contributed by atoms with van der Waals surface area (Å²) in [5, 5.41) is 9.07. The molecule has 0 atom stereocenters. The van der Waals surface area contributed by atoms with Crippen molar-refractivity contribution in [1.29, 1.82) is 0 Å². The zero-order valence-electron chi connectivity index (χ0n) is 43.5. The number of benzene rings is 7. The van der Waals surface area contributed by atoms with Crippen LogP contribution in [0.1, 0.15) is 70.8 Å². The monoisotopic (exact) mass is 978 g/mol. The molecule has 3 heteroatoms. The van der Waals surface area contributed by atoms with Gasteiger partial charge in [-0.05, 0) is 154 Å². The molecule has 0 unspecified atom stereocenters. The quantitative estimate of drug-likeness (QED) is 0.107. The number of hydrogen-bond donors (Lipinski definition) is 0. The molecule has 0 radical (unpaired) electrons. The minimum Gasteiger partial charge on any atom is -0.0622 e. The van der Waals surface area contributed by atoms with E-state index in [0.29, 0.717) is 0 Å². The standard InChI is InChI=1S/C69H66Si3/c1-49(67(58-34-22-13-23-35-58)64-46-61(70(64,4)5)55-28-16-10-17-29-55)40-52-43-53(41-50(2)68(59-36-24-14-25-37-59)65-47-62(71(65,6)7)56-30-18-11-19-31-56)45-54(44-52)42-51(3)69(60-38-26-15-27-39-60)66-48-63(72(66,8)9)57-32-20-12-21-33-57/h10-48H,1-9H3/b49-40+,50-41+,51-42+,67-64-,68-65+,69-66+. The van der Waals surface area contributed by atoms with Crippen molar-refractivity contribution >= 4 is 74.8 Å². The fourth-order valence-corrected chi connectivity index (χ4v) is 20.4. The van der Waals surface area contributed by atoms with Crippen LogP contribution in [0.15, 0.2) is 251 Å². The van der Waals surface area contributed by atoms with E-state index in [1.54, 1.807) is 0 Å². The third-order valence-corrected chi connectivity index (χ3v) is 26.1. The Morgan fingerprint density at radius 2 is 0.500 bits per heavy atom.